The van der Waals surface area contributed by atoms with E-state index < -0.39 is 0 Å². The minimum atomic E-state index is -0.0599. The van der Waals surface area contributed by atoms with Crippen LogP contribution in [0, 0.1) is 11.8 Å². The Morgan fingerprint density at radius 2 is 1.59 bits per heavy atom. The maximum absolute atomic E-state index is 12.3. The van der Waals surface area contributed by atoms with Gasteiger partial charge in [-0.2, -0.15) is 4.98 Å². The number of carbonyl (C=O) groups is 2. The van der Waals surface area contributed by atoms with Crippen molar-refractivity contribution in [2.45, 2.75) is 39.5 Å². The molecule has 0 bridgehead atoms. The fraction of sp³-hybridized carbons (Fsp3) is 0.700. The summed E-state index contributed by atoms with van der Waals surface area (Å²) >= 11 is 6.43. The number of carbonyl (C=O) groups excluding carboxylic acids is 2. The van der Waals surface area contributed by atoms with Crippen LogP contribution in [0.5, 0.6) is 0 Å². The van der Waals surface area contributed by atoms with Crippen LogP contribution in [-0.2, 0) is 9.59 Å². The van der Waals surface area contributed by atoms with Crippen molar-refractivity contribution in [1.29, 1.82) is 0 Å². The number of nitrogens with zero attached hydrogens (tertiary/aromatic N) is 4. The molecule has 2 saturated heterocycles. The van der Waals surface area contributed by atoms with Gasteiger partial charge in [0.1, 0.15) is 5.02 Å². The fourth-order valence-electron chi connectivity index (χ4n) is 4.12. The van der Waals surface area contributed by atoms with E-state index in [1.807, 2.05) is 13.8 Å². The molecule has 1 aromatic rings. The molecule has 2 unspecified atom stereocenters. The molecule has 0 aromatic carbocycles. The van der Waals surface area contributed by atoms with E-state index in [1.54, 1.807) is 6.20 Å². The molecule has 2 N–H and O–H groups in total. The van der Waals surface area contributed by atoms with Crippen LogP contribution in [-0.4, -0.2) is 61.1 Å². The quantitative estimate of drug-likeness (QED) is 0.726. The molecule has 0 aliphatic carbocycles. The predicted molar refractivity (Wildman–Crippen MR) is 114 cm³/mol. The topological polar surface area (TPSA) is 90.5 Å². The molecular formula is C20H31ClN6O2. The number of nitrogens with one attached hydrogen (secondary N) is 2. The second-order valence-corrected chi connectivity index (χ2v) is 8.11. The number of aromatic nitrogens is 2. The van der Waals surface area contributed by atoms with Gasteiger partial charge in [0, 0.05) is 39.3 Å². The minimum absolute atomic E-state index is 0.0523. The summed E-state index contributed by atoms with van der Waals surface area (Å²) in [7, 11) is 0. The third-order valence-electron chi connectivity index (χ3n) is 5.58. The Kier molecular flexibility index (Phi) is 7.52. The van der Waals surface area contributed by atoms with Crippen LogP contribution in [0.4, 0.5) is 11.8 Å². The summed E-state index contributed by atoms with van der Waals surface area (Å²) in [5, 5.41) is 6.31. The molecule has 160 valence electrons. The second kappa shape index (κ2) is 10.1. The summed E-state index contributed by atoms with van der Waals surface area (Å²) in [5.74, 6) is 1.33. The molecule has 9 heteroatoms. The van der Waals surface area contributed by atoms with Gasteiger partial charge in [-0.05, 0) is 39.5 Å². The molecule has 3 heterocycles. The SMILES string of the molecule is CCNC(=O)C1CCCN(c2ncc(Cl)c(N3CCCC(C(=O)NCC)C3)n2)C1. The summed E-state index contributed by atoms with van der Waals surface area (Å²) in [6.45, 7) is 7.97. The molecule has 2 fully saturated rings. The van der Waals surface area contributed by atoms with Crippen molar-refractivity contribution in [2.75, 3.05) is 49.1 Å². The van der Waals surface area contributed by atoms with Gasteiger partial charge in [0.15, 0.2) is 5.82 Å². The highest BCUT2D eigenvalue weighted by Gasteiger charge is 2.30. The van der Waals surface area contributed by atoms with Crippen molar-refractivity contribution in [1.82, 2.24) is 20.6 Å². The first-order valence-electron chi connectivity index (χ1n) is 10.6. The number of anilines is 2. The van der Waals surface area contributed by atoms with E-state index in [2.05, 4.69) is 25.4 Å². The Morgan fingerprint density at radius 3 is 2.17 bits per heavy atom. The van der Waals surface area contributed by atoms with Crippen LogP contribution >= 0.6 is 11.6 Å². The van der Waals surface area contributed by atoms with Crippen LogP contribution in [0.25, 0.3) is 0 Å². The number of hydrogen-bond donors (Lipinski definition) is 2. The minimum Gasteiger partial charge on any atom is -0.356 e. The van der Waals surface area contributed by atoms with E-state index in [-0.39, 0.29) is 23.7 Å². The lowest BCUT2D eigenvalue weighted by Crippen LogP contribution is -2.44. The number of piperidine rings is 2. The van der Waals surface area contributed by atoms with Crippen LogP contribution in [0.15, 0.2) is 6.20 Å². The van der Waals surface area contributed by atoms with E-state index in [0.29, 0.717) is 43.0 Å². The van der Waals surface area contributed by atoms with E-state index >= 15 is 0 Å². The third-order valence-corrected chi connectivity index (χ3v) is 5.85. The van der Waals surface area contributed by atoms with Gasteiger partial charge in [-0.1, -0.05) is 11.6 Å². The molecule has 0 saturated carbocycles. The van der Waals surface area contributed by atoms with Crippen LogP contribution in [0.1, 0.15) is 39.5 Å². The van der Waals surface area contributed by atoms with Crippen LogP contribution < -0.4 is 20.4 Å². The van der Waals surface area contributed by atoms with Gasteiger partial charge in [-0.3, -0.25) is 9.59 Å². The van der Waals surface area contributed by atoms with Crippen molar-refractivity contribution in [3.63, 3.8) is 0 Å². The average molecular weight is 423 g/mol. The van der Waals surface area contributed by atoms with E-state index in [1.165, 1.54) is 0 Å². The van der Waals surface area contributed by atoms with Crippen molar-refractivity contribution in [3.8, 4) is 0 Å². The molecule has 2 atom stereocenters. The highest BCUT2D eigenvalue weighted by molar-refractivity contribution is 6.32. The molecule has 29 heavy (non-hydrogen) atoms. The lowest BCUT2D eigenvalue weighted by atomic mass is 9.97. The molecule has 1 aromatic heterocycles. The highest BCUT2D eigenvalue weighted by Crippen LogP contribution is 2.30. The summed E-state index contributed by atoms with van der Waals surface area (Å²) < 4.78 is 0. The average Bonchev–Trinajstić information content (AvgIpc) is 2.74. The first kappa shape index (κ1) is 21.6. The number of rotatable bonds is 6. The zero-order chi connectivity index (χ0) is 20.8. The van der Waals surface area contributed by atoms with Gasteiger partial charge in [-0.15, -0.1) is 0 Å². The molecule has 2 aliphatic rings. The van der Waals surface area contributed by atoms with Crippen molar-refractivity contribution >= 4 is 35.2 Å². The normalized spacial score (nSPS) is 22.3. The number of halogens is 1. The zero-order valence-electron chi connectivity index (χ0n) is 17.3. The summed E-state index contributed by atoms with van der Waals surface area (Å²) in [6.07, 6.45) is 5.22. The standard InChI is InChI=1S/C20H31ClN6O2/c1-3-22-18(28)14-7-5-9-26(12-14)17-16(21)11-24-20(25-17)27-10-6-8-15(13-27)19(29)23-4-2/h11,14-15H,3-10,12-13H2,1-2H3,(H,22,28)(H,23,29). The fourth-order valence-corrected chi connectivity index (χ4v) is 4.33. The van der Waals surface area contributed by atoms with E-state index in [9.17, 15) is 9.59 Å². The lowest BCUT2D eigenvalue weighted by Gasteiger charge is -2.35. The first-order valence-corrected chi connectivity index (χ1v) is 11.0. The molecule has 0 spiro atoms. The maximum Gasteiger partial charge on any atom is 0.227 e. The maximum atomic E-state index is 12.3. The first-order chi connectivity index (χ1) is 14.0. The third kappa shape index (κ3) is 5.29. The summed E-state index contributed by atoms with van der Waals surface area (Å²) in [5.41, 5.74) is 0. The molecule has 3 rings (SSSR count). The molecule has 8 nitrogen and oxygen atoms in total. The zero-order valence-corrected chi connectivity index (χ0v) is 18.0. The van der Waals surface area contributed by atoms with Crippen LogP contribution in [0.2, 0.25) is 5.02 Å². The number of hydrogen-bond acceptors (Lipinski definition) is 6. The van der Waals surface area contributed by atoms with Gasteiger partial charge in [-0.25, -0.2) is 4.98 Å². The Hall–Kier alpha value is -2.09. The number of amides is 2. The van der Waals surface area contributed by atoms with Gasteiger partial charge in [0.05, 0.1) is 18.0 Å². The monoisotopic (exact) mass is 422 g/mol. The van der Waals surface area contributed by atoms with E-state index in [0.717, 1.165) is 38.8 Å². The Balaban J connectivity index is 1.74. The second-order valence-electron chi connectivity index (χ2n) is 7.70. The lowest BCUT2D eigenvalue weighted by molar-refractivity contribution is -0.125. The molecule has 2 amide bonds. The highest BCUT2D eigenvalue weighted by atomic mass is 35.5. The van der Waals surface area contributed by atoms with Gasteiger partial charge in [0.2, 0.25) is 17.8 Å². The largest absolute Gasteiger partial charge is 0.356 e. The smallest absolute Gasteiger partial charge is 0.227 e. The van der Waals surface area contributed by atoms with Crippen molar-refractivity contribution in [2.24, 2.45) is 11.8 Å². The summed E-state index contributed by atoms with van der Waals surface area (Å²) in [4.78, 5) is 37.8. The van der Waals surface area contributed by atoms with Crippen molar-refractivity contribution < 1.29 is 9.59 Å². The Bertz CT molecular complexity index is 731. The predicted octanol–water partition coefficient (Wildman–Crippen LogP) is 1.83. The van der Waals surface area contributed by atoms with Gasteiger partial charge >= 0.3 is 0 Å². The van der Waals surface area contributed by atoms with Gasteiger partial charge < -0.3 is 20.4 Å². The molecule has 2 aliphatic heterocycles. The van der Waals surface area contributed by atoms with Gasteiger partial charge in [0.25, 0.3) is 0 Å². The summed E-state index contributed by atoms with van der Waals surface area (Å²) in [6, 6.07) is 0. The van der Waals surface area contributed by atoms with Crippen LogP contribution in [0.3, 0.4) is 0 Å². The van der Waals surface area contributed by atoms with E-state index in [4.69, 9.17) is 16.6 Å². The molecular weight excluding hydrogens is 392 g/mol. The Morgan fingerprint density at radius 1 is 1.03 bits per heavy atom. The Labute approximate surface area is 177 Å². The molecule has 0 radical (unpaired) electrons. The van der Waals surface area contributed by atoms with Crippen molar-refractivity contribution in [3.05, 3.63) is 11.2 Å².